The first-order valence-electron chi connectivity index (χ1n) is 7.97. The molecule has 0 bridgehead atoms. The quantitative estimate of drug-likeness (QED) is 0.470. The molecule has 7 nitrogen and oxygen atoms in total. The highest BCUT2D eigenvalue weighted by molar-refractivity contribution is 6.54. The van der Waals surface area contributed by atoms with Crippen molar-refractivity contribution in [3.05, 3.63) is 70.3 Å². The van der Waals surface area contributed by atoms with Crippen LogP contribution in [0, 0.1) is 0 Å². The molecule has 2 amide bonds. The zero-order chi connectivity index (χ0) is 19.4. The molecule has 3 rings (SSSR count). The second-order valence-electron chi connectivity index (χ2n) is 5.73. The van der Waals surface area contributed by atoms with E-state index >= 15 is 0 Å². The third-order valence-corrected chi connectivity index (χ3v) is 4.23. The Labute approximate surface area is 160 Å². The van der Waals surface area contributed by atoms with Crippen molar-refractivity contribution in [3.63, 3.8) is 0 Å². The van der Waals surface area contributed by atoms with Crippen molar-refractivity contribution in [1.82, 2.24) is 5.48 Å². The zero-order valence-corrected chi connectivity index (χ0v) is 15.1. The molecule has 8 heteroatoms. The lowest BCUT2D eigenvalue weighted by molar-refractivity contribution is -0.124. The molecule has 0 saturated heterocycles. The molecular weight excluding hydrogens is 370 g/mol. The number of nitrogens with one attached hydrogen (secondary N) is 1. The zero-order valence-electron chi connectivity index (χ0n) is 14.3. The van der Waals surface area contributed by atoms with Crippen LogP contribution in [-0.2, 0) is 21.0 Å². The number of hydrogen-bond acceptors (Lipinski definition) is 5. The number of carbonyl (C=O) groups excluding carboxylic acids is 2. The summed E-state index contributed by atoms with van der Waals surface area (Å²) in [5.74, 6) is -0.875. The Balaban J connectivity index is 1.84. The van der Waals surface area contributed by atoms with Gasteiger partial charge in [-0.05, 0) is 35.4 Å². The van der Waals surface area contributed by atoms with E-state index in [-0.39, 0.29) is 11.6 Å². The Morgan fingerprint density at radius 1 is 1.30 bits per heavy atom. The Morgan fingerprint density at radius 2 is 2.04 bits per heavy atom. The van der Waals surface area contributed by atoms with Gasteiger partial charge in [0.25, 0.3) is 11.8 Å². The number of amides is 2. The van der Waals surface area contributed by atoms with Crippen molar-refractivity contribution in [3.8, 4) is 0 Å². The standard InChI is InChI=1S/C19H16ClN3O4/c1-27-22-18-15-10-14(20)7-8-16(15)23(19(18)25)11-13-4-2-12(3-5-13)6-9-17(24)21-26/h2-10,26H,11H2,1H3,(H,21,24)/b9-6+,22-18-. The third-order valence-electron chi connectivity index (χ3n) is 3.99. The molecule has 0 spiro atoms. The molecule has 138 valence electrons. The Hall–Kier alpha value is -3.16. The topological polar surface area (TPSA) is 91.2 Å². The van der Waals surface area contributed by atoms with E-state index in [1.54, 1.807) is 29.2 Å². The molecule has 0 unspecified atom stereocenters. The predicted molar refractivity (Wildman–Crippen MR) is 102 cm³/mol. The van der Waals surface area contributed by atoms with Crippen LogP contribution in [0.2, 0.25) is 5.02 Å². The van der Waals surface area contributed by atoms with E-state index in [2.05, 4.69) is 5.16 Å². The molecule has 0 saturated carbocycles. The molecule has 0 atom stereocenters. The van der Waals surface area contributed by atoms with Crippen LogP contribution in [-0.4, -0.2) is 29.8 Å². The number of carbonyl (C=O) groups is 2. The maximum atomic E-state index is 12.7. The summed E-state index contributed by atoms with van der Waals surface area (Å²) in [5, 5.41) is 12.8. The Bertz CT molecular complexity index is 938. The predicted octanol–water partition coefficient (Wildman–Crippen LogP) is 2.76. The molecule has 27 heavy (non-hydrogen) atoms. The van der Waals surface area contributed by atoms with Gasteiger partial charge in [-0.2, -0.15) is 0 Å². The molecule has 0 aliphatic carbocycles. The van der Waals surface area contributed by atoms with Crippen LogP contribution in [0.1, 0.15) is 16.7 Å². The molecule has 2 aromatic carbocycles. The van der Waals surface area contributed by atoms with Crippen LogP contribution in [0.15, 0.2) is 53.7 Å². The van der Waals surface area contributed by atoms with Crippen molar-refractivity contribution in [1.29, 1.82) is 0 Å². The van der Waals surface area contributed by atoms with Gasteiger partial charge in [-0.15, -0.1) is 0 Å². The maximum absolute atomic E-state index is 12.7. The lowest BCUT2D eigenvalue weighted by Crippen LogP contribution is -2.29. The van der Waals surface area contributed by atoms with E-state index in [0.29, 0.717) is 22.8 Å². The maximum Gasteiger partial charge on any atom is 0.281 e. The highest BCUT2D eigenvalue weighted by Gasteiger charge is 2.34. The lowest BCUT2D eigenvalue weighted by atomic mass is 10.1. The van der Waals surface area contributed by atoms with E-state index in [9.17, 15) is 9.59 Å². The first kappa shape index (κ1) is 18.6. The Kier molecular flexibility index (Phi) is 5.54. The molecule has 2 aromatic rings. The van der Waals surface area contributed by atoms with Gasteiger partial charge in [0.05, 0.1) is 12.2 Å². The van der Waals surface area contributed by atoms with Crippen molar-refractivity contribution in [2.45, 2.75) is 6.54 Å². The fraction of sp³-hybridized carbons (Fsp3) is 0.105. The summed E-state index contributed by atoms with van der Waals surface area (Å²) in [6, 6.07) is 12.5. The fourth-order valence-electron chi connectivity index (χ4n) is 2.75. The van der Waals surface area contributed by atoms with Gasteiger partial charge in [-0.3, -0.25) is 14.8 Å². The molecule has 0 radical (unpaired) electrons. The summed E-state index contributed by atoms with van der Waals surface area (Å²) in [4.78, 5) is 30.2. The largest absolute Gasteiger partial charge is 0.398 e. The SMILES string of the molecule is CO/N=C1\C(=O)N(Cc2ccc(/C=C/C(=O)NO)cc2)c2ccc(Cl)cc21. The van der Waals surface area contributed by atoms with Gasteiger partial charge in [-0.25, -0.2) is 5.48 Å². The molecular formula is C19H16ClN3O4. The number of rotatable bonds is 5. The van der Waals surface area contributed by atoms with Gasteiger partial charge in [0, 0.05) is 16.7 Å². The van der Waals surface area contributed by atoms with Gasteiger partial charge in [0.2, 0.25) is 0 Å². The van der Waals surface area contributed by atoms with Gasteiger partial charge in [-0.1, -0.05) is 41.0 Å². The lowest BCUT2D eigenvalue weighted by Gasteiger charge is -2.17. The molecule has 0 aromatic heterocycles. The second kappa shape index (κ2) is 8.03. The smallest absolute Gasteiger partial charge is 0.281 e. The molecule has 1 aliphatic heterocycles. The van der Waals surface area contributed by atoms with Crippen LogP contribution in [0.25, 0.3) is 6.08 Å². The number of oxime groups is 1. The van der Waals surface area contributed by atoms with Crippen molar-refractivity contribution < 1.29 is 19.6 Å². The van der Waals surface area contributed by atoms with Gasteiger partial charge < -0.3 is 9.74 Å². The minimum absolute atomic E-state index is 0.213. The monoisotopic (exact) mass is 385 g/mol. The fourth-order valence-corrected chi connectivity index (χ4v) is 2.92. The summed E-state index contributed by atoms with van der Waals surface area (Å²) in [5.41, 5.74) is 4.76. The Morgan fingerprint density at radius 3 is 2.70 bits per heavy atom. The van der Waals surface area contributed by atoms with Crippen molar-refractivity contribution in [2.75, 3.05) is 12.0 Å². The van der Waals surface area contributed by atoms with Crippen LogP contribution in [0.5, 0.6) is 0 Å². The average Bonchev–Trinajstić information content (AvgIpc) is 2.92. The van der Waals surface area contributed by atoms with Crippen LogP contribution < -0.4 is 10.4 Å². The summed E-state index contributed by atoms with van der Waals surface area (Å²) in [6.07, 6.45) is 2.78. The van der Waals surface area contributed by atoms with E-state index in [0.717, 1.165) is 11.1 Å². The van der Waals surface area contributed by atoms with Gasteiger partial charge >= 0.3 is 0 Å². The molecule has 2 N–H and O–H groups in total. The summed E-state index contributed by atoms with van der Waals surface area (Å²) < 4.78 is 0. The summed E-state index contributed by atoms with van der Waals surface area (Å²) in [6.45, 7) is 0.345. The second-order valence-corrected chi connectivity index (χ2v) is 6.16. The van der Waals surface area contributed by atoms with Crippen LogP contribution in [0.4, 0.5) is 5.69 Å². The van der Waals surface area contributed by atoms with E-state index < -0.39 is 5.91 Å². The number of halogens is 1. The van der Waals surface area contributed by atoms with E-state index in [1.807, 2.05) is 24.3 Å². The van der Waals surface area contributed by atoms with E-state index in [1.165, 1.54) is 18.7 Å². The highest BCUT2D eigenvalue weighted by Crippen LogP contribution is 2.33. The van der Waals surface area contributed by atoms with Gasteiger partial charge in [0.15, 0.2) is 5.71 Å². The minimum atomic E-state index is -0.609. The highest BCUT2D eigenvalue weighted by atomic mass is 35.5. The van der Waals surface area contributed by atoms with Crippen LogP contribution in [0.3, 0.4) is 0 Å². The first-order valence-corrected chi connectivity index (χ1v) is 8.35. The number of nitrogens with zero attached hydrogens (tertiary/aromatic N) is 2. The summed E-state index contributed by atoms with van der Waals surface area (Å²) in [7, 11) is 1.39. The van der Waals surface area contributed by atoms with Gasteiger partial charge in [0.1, 0.15) is 7.11 Å². The average molecular weight is 386 g/mol. The number of fused-ring (bicyclic) bond motifs is 1. The summed E-state index contributed by atoms with van der Waals surface area (Å²) >= 11 is 6.05. The molecule has 1 aliphatic rings. The first-order chi connectivity index (χ1) is 13.0. The number of hydroxylamine groups is 1. The molecule has 0 fully saturated rings. The van der Waals surface area contributed by atoms with E-state index in [4.69, 9.17) is 21.6 Å². The van der Waals surface area contributed by atoms with Crippen LogP contribution >= 0.6 is 11.6 Å². The third kappa shape index (κ3) is 3.99. The van der Waals surface area contributed by atoms with Crippen molar-refractivity contribution in [2.24, 2.45) is 5.16 Å². The van der Waals surface area contributed by atoms with Crippen molar-refractivity contribution >= 4 is 40.9 Å². The number of benzene rings is 2. The normalized spacial score (nSPS) is 14.7. The molecule has 1 heterocycles. The number of hydrogen-bond donors (Lipinski definition) is 2. The minimum Gasteiger partial charge on any atom is -0.398 e. The number of anilines is 1.